The molecule has 1 aromatic carbocycles. The van der Waals surface area contributed by atoms with Crippen LogP contribution in [-0.2, 0) is 10.0 Å². The smallest absolute Gasteiger partial charge is 0.243 e. The van der Waals surface area contributed by atoms with Gasteiger partial charge in [-0.1, -0.05) is 6.07 Å². The van der Waals surface area contributed by atoms with Crippen LogP contribution in [0.1, 0.15) is 6.92 Å². The third-order valence-electron chi connectivity index (χ3n) is 3.09. The highest BCUT2D eigenvalue weighted by atomic mass is 32.2. The quantitative estimate of drug-likeness (QED) is 0.853. The molecule has 0 aromatic heterocycles. The van der Waals surface area contributed by atoms with Crippen molar-refractivity contribution in [2.45, 2.75) is 22.8 Å². The zero-order valence-corrected chi connectivity index (χ0v) is 12.2. The van der Waals surface area contributed by atoms with Crippen molar-refractivity contribution in [1.82, 2.24) is 9.62 Å². The van der Waals surface area contributed by atoms with Crippen LogP contribution >= 0.6 is 11.8 Å². The van der Waals surface area contributed by atoms with Gasteiger partial charge >= 0.3 is 0 Å². The van der Waals surface area contributed by atoms with Crippen molar-refractivity contribution in [3.63, 3.8) is 0 Å². The van der Waals surface area contributed by atoms with Gasteiger partial charge in [0.1, 0.15) is 0 Å². The molecule has 1 N–H and O–H groups in total. The minimum absolute atomic E-state index is 0.00156. The summed E-state index contributed by atoms with van der Waals surface area (Å²) in [5.41, 5.74) is 0. The minimum Gasteiger partial charge on any atom is -0.314 e. The summed E-state index contributed by atoms with van der Waals surface area (Å²) in [6.45, 7) is 3.89. The second-order valence-corrected chi connectivity index (χ2v) is 7.12. The van der Waals surface area contributed by atoms with E-state index in [-0.39, 0.29) is 6.04 Å². The fourth-order valence-electron chi connectivity index (χ4n) is 2.08. The van der Waals surface area contributed by atoms with Crippen molar-refractivity contribution < 1.29 is 8.42 Å². The molecule has 1 unspecified atom stereocenters. The highest BCUT2D eigenvalue weighted by Gasteiger charge is 2.30. The first kappa shape index (κ1) is 13.9. The van der Waals surface area contributed by atoms with Gasteiger partial charge in [0.15, 0.2) is 0 Å². The predicted octanol–water partition coefficient (Wildman–Crippen LogP) is 1.39. The summed E-state index contributed by atoms with van der Waals surface area (Å²) in [6, 6.07) is 7.14. The topological polar surface area (TPSA) is 49.4 Å². The van der Waals surface area contributed by atoms with Crippen LogP contribution in [0.5, 0.6) is 0 Å². The average molecular weight is 286 g/mol. The predicted molar refractivity (Wildman–Crippen MR) is 74.4 cm³/mol. The number of piperazine rings is 1. The largest absolute Gasteiger partial charge is 0.314 e. The summed E-state index contributed by atoms with van der Waals surface area (Å²) in [4.78, 5) is 1.36. The summed E-state index contributed by atoms with van der Waals surface area (Å²) in [5.74, 6) is 0. The number of nitrogens with zero attached hydrogens (tertiary/aromatic N) is 1. The molecule has 100 valence electrons. The standard InChI is InChI=1S/C12H18N2O2S2/c1-10-9-13-6-7-14(10)18(15,16)12-5-3-4-11(8-12)17-2/h3-5,8,10,13H,6-7,9H2,1-2H3. The van der Waals surface area contributed by atoms with E-state index in [4.69, 9.17) is 0 Å². The third kappa shape index (κ3) is 2.71. The van der Waals surface area contributed by atoms with Crippen molar-refractivity contribution in [3.05, 3.63) is 24.3 Å². The number of hydrogen-bond donors (Lipinski definition) is 1. The van der Waals surface area contributed by atoms with Gasteiger partial charge in [-0.25, -0.2) is 8.42 Å². The number of benzene rings is 1. The molecular formula is C12H18N2O2S2. The molecule has 0 saturated carbocycles. The van der Waals surface area contributed by atoms with Gasteiger partial charge in [-0.05, 0) is 31.4 Å². The van der Waals surface area contributed by atoms with E-state index in [0.717, 1.165) is 4.90 Å². The molecule has 0 aliphatic carbocycles. The first-order chi connectivity index (χ1) is 8.55. The summed E-state index contributed by atoms with van der Waals surface area (Å²) in [5, 5.41) is 3.20. The number of thioether (sulfide) groups is 1. The molecule has 1 aliphatic rings. The minimum atomic E-state index is -3.36. The Balaban J connectivity index is 2.34. The maximum Gasteiger partial charge on any atom is 0.243 e. The molecule has 1 aromatic rings. The Hall–Kier alpha value is -0.560. The van der Waals surface area contributed by atoms with Crippen LogP contribution in [0.2, 0.25) is 0 Å². The summed E-state index contributed by atoms with van der Waals surface area (Å²) < 4.78 is 26.7. The lowest BCUT2D eigenvalue weighted by atomic mass is 10.3. The molecule has 1 atom stereocenters. The average Bonchev–Trinajstić information content (AvgIpc) is 2.39. The lowest BCUT2D eigenvalue weighted by molar-refractivity contribution is 0.284. The molecule has 2 rings (SSSR count). The molecule has 0 bridgehead atoms. The molecule has 0 radical (unpaired) electrons. The van der Waals surface area contributed by atoms with E-state index in [2.05, 4.69) is 5.32 Å². The van der Waals surface area contributed by atoms with E-state index in [9.17, 15) is 8.42 Å². The zero-order chi connectivity index (χ0) is 13.2. The molecule has 0 spiro atoms. The van der Waals surface area contributed by atoms with Gasteiger partial charge in [-0.2, -0.15) is 4.31 Å². The molecule has 6 heteroatoms. The van der Waals surface area contributed by atoms with Gasteiger partial charge in [0.25, 0.3) is 0 Å². The number of nitrogens with one attached hydrogen (secondary N) is 1. The van der Waals surface area contributed by atoms with E-state index in [1.54, 1.807) is 34.3 Å². The van der Waals surface area contributed by atoms with Crippen molar-refractivity contribution >= 4 is 21.8 Å². The van der Waals surface area contributed by atoms with E-state index in [1.165, 1.54) is 0 Å². The molecule has 18 heavy (non-hydrogen) atoms. The van der Waals surface area contributed by atoms with Gasteiger partial charge in [0.05, 0.1) is 4.90 Å². The highest BCUT2D eigenvalue weighted by molar-refractivity contribution is 7.98. The maximum absolute atomic E-state index is 12.6. The van der Waals surface area contributed by atoms with Gasteiger partial charge in [-0.3, -0.25) is 0 Å². The second kappa shape index (κ2) is 5.61. The van der Waals surface area contributed by atoms with E-state index < -0.39 is 10.0 Å². The Kier molecular flexibility index (Phi) is 4.32. The van der Waals surface area contributed by atoms with Crippen LogP contribution in [0.15, 0.2) is 34.1 Å². The summed E-state index contributed by atoms with van der Waals surface area (Å²) in [6.07, 6.45) is 1.94. The maximum atomic E-state index is 12.6. The molecule has 1 saturated heterocycles. The monoisotopic (exact) mass is 286 g/mol. The lowest BCUT2D eigenvalue weighted by Gasteiger charge is -2.32. The highest BCUT2D eigenvalue weighted by Crippen LogP contribution is 2.23. The van der Waals surface area contributed by atoms with Crippen LogP contribution in [-0.4, -0.2) is 44.7 Å². The fraction of sp³-hybridized carbons (Fsp3) is 0.500. The fourth-order valence-corrected chi connectivity index (χ4v) is 4.29. The van der Waals surface area contributed by atoms with E-state index in [1.807, 2.05) is 19.2 Å². The van der Waals surface area contributed by atoms with Crippen LogP contribution in [0.25, 0.3) is 0 Å². The van der Waals surface area contributed by atoms with Gasteiger partial charge < -0.3 is 5.32 Å². The number of hydrogen-bond acceptors (Lipinski definition) is 4. The Morgan fingerprint density at radius 3 is 2.89 bits per heavy atom. The van der Waals surface area contributed by atoms with Crippen LogP contribution in [0.4, 0.5) is 0 Å². The molecule has 1 fully saturated rings. The van der Waals surface area contributed by atoms with Gasteiger partial charge in [0, 0.05) is 30.6 Å². The Bertz CT molecular complexity index is 517. The Morgan fingerprint density at radius 1 is 1.44 bits per heavy atom. The van der Waals surface area contributed by atoms with Gasteiger partial charge in [0.2, 0.25) is 10.0 Å². The molecule has 1 aliphatic heterocycles. The van der Waals surface area contributed by atoms with Gasteiger partial charge in [-0.15, -0.1) is 11.8 Å². The molecular weight excluding hydrogens is 268 g/mol. The molecule has 1 heterocycles. The first-order valence-electron chi connectivity index (χ1n) is 5.92. The molecule has 0 amide bonds. The summed E-state index contributed by atoms with van der Waals surface area (Å²) in [7, 11) is -3.36. The van der Waals surface area contributed by atoms with Crippen molar-refractivity contribution in [2.24, 2.45) is 0 Å². The van der Waals surface area contributed by atoms with Crippen molar-refractivity contribution in [1.29, 1.82) is 0 Å². The Morgan fingerprint density at radius 2 is 2.22 bits per heavy atom. The zero-order valence-electron chi connectivity index (χ0n) is 10.6. The lowest BCUT2D eigenvalue weighted by Crippen LogP contribution is -2.52. The SMILES string of the molecule is CSc1cccc(S(=O)(=O)N2CCNCC2C)c1. The third-order valence-corrected chi connectivity index (χ3v) is 5.82. The van der Waals surface area contributed by atoms with Crippen LogP contribution in [0, 0.1) is 0 Å². The molecule has 4 nitrogen and oxygen atoms in total. The normalized spacial score (nSPS) is 22.0. The van der Waals surface area contributed by atoms with Crippen LogP contribution < -0.4 is 5.32 Å². The number of rotatable bonds is 3. The van der Waals surface area contributed by atoms with Crippen LogP contribution in [0.3, 0.4) is 0 Å². The first-order valence-corrected chi connectivity index (χ1v) is 8.59. The van der Waals surface area contributed by atoms with E-state index in [0.29, 0.717) is 24.5 Å². The van der Waals surface area contributed by atoms with Crippen molar-refractivity contribution in [3.8, 4) is 0 Å². The number of sulfonamides is 1. The van der Waals surface area contributed by atoms with Crippen molar-refractivity contribution in [2.75, 3.05) is 25.9 Å². The Labute approximate surface area is 113 Å². The summed E-state index contributed by atoms with van der Waals surface area (Å²) >= 11 is 1.55. The second-order valence-electron chi connectivity index (χ2n) is 4.35. The van der Waals surface area contributed by atoms with E-state index >= 15 is 0 Å².